The van der Waals surface area contributed by atoms with Crippen molar-refractivity contribution in [3.05, 3.63) is 82.7 Å². The lowest BCUT2D eigenvalue weighted by molar-refractivity contribution is 0.601. The fraction of sp³-hybridized carbons (Fsp3) is 0.0952. The number of benzene rings is 2. The molecule has 1 aliphatic rings. The van der Waals surface area contributed by atoms with E-state index >= 15 is 0 Å². The number of allylic oxidation sites excluding steroid dienone is 4. The largest absolute Gasteiger partial charge is 0.237 e. The van der Waals surface area contributed by atoms with Crippen molar-refractivity contribution in [3.63, 3.8) is 0 Å². The minimum absolute atomic E-state index is 0.236. The van der Waals surface area contributed by atoms with E-state index < -0.39 is 10.0 Å². The normalized spacial score (nSPS) is 14.5. The van der Waals surface area contributed by atoms with Crippen LogP contribution in [0, 0.1) is 0 Å². The highest BCUT2D eigenvalue weighted by molar-refractivity contribution is 7.93. The summed E-state index contributed by atoms with van der Waals surface area (Å²) in [5.74, 6) is 0. The minimum Gasteiger partial charge on any atom is -0.237 e. The third-order valence-corrected chi connectivity index (χ3v) is 5.97. The van der Waals surface area contributed by atoms with E-state index in [0.717, 1.165) is 28.2 Å². The van der Waals surface area contributed by atoms with Crippen LogP contribution >= 0.6 is 11.6 Å². The van der Waals surface area contributed by atoms with Gasteiger partial charge in [0.05, 0.1) is 16.3 Å². The van der Waals surface area contributed by atoms with Crippen LogP contribution in [0.2, 0.25) is 5.02 Å². The molecule has 0 amide bonds. The van der Waals surface area contributed by atoms with Crippen LogP contribution in [0.3, 0.4) is 0 Å². The van der Waals surface area contributed by atoms with Gasteiger partial charge in [-0.25, -0.2) is 18.2 Å². The van der Waals surface area contributed by atoms with Crippen molar-refractivity contribution in [1.82, 2.24) is 9.78 Å². The van der Waals surface area contributed by atoms with Gasteiger partial charge < -0.3 is 0 Å². The Kier molecular flexibility index (Phi) is 4.93. The summed E-state index contributed by atoms with van der Waals surface area (Å²) >= 11 is 6.04. The van der Waals surface area contributed by atoms with E-state index in [4.69, 9.17) is 21.8 Å². The quantitative estimate of drug-likeness (QED) is 0.677. The molecule has 1 aromatic heterocycles. The van der Waals surface area contributed by atoms with Gasteiger partial charge in [0.15, 0.2) is 0 Å². The molecule has 2 aromatic carbocycles. The number of nitrogens with zero attached hydrogens (tertiary/aromatic N) is 2. The van der Waals surface area contributed by atoms with Crippen LogP contribution in [0.15, 0.2) is 77.7 Å². The fourth-order valence-corrected chi connectivity index (χ4v) is 3.97. The van der Waals surface area contributed by atoms with Crippen molar-refractivity contribution in [1.29, 1.82) is 0 Å². The van der Waals surface area contributed by atoms with Gasteiger partial charge in [-0.2, -0.15) is 5.10 Å². The van der Waals surface area contributed by atoms with E-state index in [1.54, 1.807) is 12.2 Å². The van der Waals surface area contributed by atoms with Crippen molar-refractivity contribution in [2.45, 2.75) is 12.8 Å². The Balaban J connectivity index is 1.84. The molecule has 0 atom stereocenters. The van der Waals surface area contributed by atoms with Crippen LogP contribution in [0.1, 0.15) is 12.8 Å². The summed E-state index contributed by atoms with van der Waals surface area (Å²) in [6.07, 6.45) is 4.21. The van der Waals surface area contributed by atoms with E-state index in [1.165, 1.54) is 0 Å². The highest BCUT2D eigenvalue weighted by Gasteiger charge is 2.20. The Hall–Kier alpha value is -2.67. The standard InChI is InChI=1S/C21H18ClN3O2S/c22-17-8-6-16(7-9-17)21-14-20(15-4-2-1-3-5-15)24-25(21)18-10-12-19(13-11-18)28(23,26)27/h1-10,12,14H,11,13H2,(H2,23,26,27). The molecular weight excluding hydrogens is 394 g/mol. The molecule has 3 aromatic rings. The summed E-state index contributed by atoms with van der Waals surface area (Å²) in [4.78, 5) is 0.236. The van der Waals surface area contributed by atoms with Crippen LogP contribution in [0.5, 0.6) is 0 Å². The predicted octanol–water partition coefficient (Wildman–Crippen LogP) is 4.68. The Labute approximate surface area is 168 Å². The van der Waals surface area contributed by atoms with Crippen LogP contribution in [-0.4, -0.2) is 18.2 Å². The first-order valence-corrected chi connectivity index (χ1v) is 10.7. The number of primary sulfonamides is 1. The molecule has 2 N–H and O–H groups in total. The predicted molar refractivity (Wildman–Crippen MR) is 113 cm³/mol. The zero-order valence-electron chi connectivity index (χ0n) is 14.9. The Morgan fingerprint density at radius 3 is 2.25 bits per heavy atom. The number of sulfonamides is 1. The van der Waals surface area contributed by atoms with Gasteiger partial charge in [-0.1, -0.05) is 54.1 Å². The Bertz CT molecular complexity index is 1180. The van der Waals surface area contributed by atoms with Gasteiger partial charge in [0, 0.05) is 21.8 Å². The molecule has 0 spiro atoms. The number of rotatable bonds is 4. The van der Waals surface area contributed by atoms with Crippen LogP contribution in [-0.2, 0) is 10.0 Å². The van der Waals surface area contributed by atoms with Crippen LogP contribution in [0.25, 0.3) is 28.2 Å². The van der Waals surface area contributed by atoms with Gasteiger partial charge in [-0.3, -0.25) is 0 Å². The molecule has 0 saturated heterocycles. The molecule has 4 rings (SSSR count). The summed E-state index contributed by atoms with van der Waals surface area (Å²) in [5, 5.41) is 10.7. The van der Waals surface area contributed by atoms with E-state index in [9.17, 15) is 8.42 Å². The highest BCUT2D eigenvalue weighted by atomic mass is 35.5. The van der Waals surface area contributed by atoms with E-state index in [1.807, 2.05) is 65.3 Å². The zero-order valence-corrected chi connectivity index (χ0v) is 16.5. The third kappa shape index (κ3) is 3.80. The number of halogens is 1. The molecule has 142 valence electrons. The molecule has 5 nitrogen and oxygen atoms in total. The summed E-state index contributed by atoms with van der Waals surface area (Å²) < 4.78 is 25.0. The van der Waals surface area contributed by atoms with Crippen molar-refractivity contribution in [2.24, 2.45) is 5.14 Å². The monoisotopic (exact) mass is 411 g/mol. The van der Waals surface area contributed by atoms with Crippen LogP contribution in [0.4, 0.5) is 0 Å². The Morgan fingerprint density at radius 1 is 0.929 bits per heavy atom. The maximum absolute atomic E-state index is 11.6. The average Bonchev–Trinajstić information content (AvgIpc) is 3.14. The first-order chi connectivity index (χ1) is 13.4. The topological polar surface area (TPSA) is 78.0 Å². The van der Waals surface area contributed by atoms with Crippen molar-refractivity contribution in [2.75, 3.05) is 0 Å². The molecular formula is C21H18ClN3O2S. The molecule has 1 aliphatic carbocycles. The molecule has 0 unspecified atom stereocenters. The minimum atomic E-state index is -3.66. The third-order valence-electron chi connectivity index (χ3n) is 4.65. The summed E-state index contributed by atoms with van der Waals surface area (Å²) in [6.45, 7) is 0. The van der Waals surface area contributed by atoms with Crippen molar-refractivity contribution < 1.29 is 8.42 Å². The summed E-state index contributed by atoms with van der Waals surface area (Å²) in [5.41, 5.74) is 4.64. The SMILES string of the molecule is NS(=O)(=O)C1=CC=C(n2nc(-c3ccccc3)cc2-c2ccc(Cl)cc2)CC1. The van der Waals surface area contributed by atoms with Gasteiger partial charge >= 0.3 is 0 Å². The maximum Gasteiger partial charge on any atom is 0.234 e. The van der Waals surface area contributed by atoms with Gasteiger partial charge in [0.2, 0.25) is 10.0 Å². The zero-order chi connectivity index (χ0) is 19.7. The number of hydrogen-bond donors (Lipinski definition) is 1. The maximum atomic E-state index is 11.6. The second-order valence-corrected chi connectivity index (χ2v) is 8.59. The lowest BCUT2D eigenvalue weighted by Crippen LogP contribution is -2.16. The molecule has 0 bridgehead atoms. The smallest absolute Gasteiger partial charge is 0.234 e. The molecule has 0 aliphatic heterocycles. The molecule has 1 heterocycles. The second-order valence-electron chi connectivity index (χ2n) is 6.54. The molecule has 28 heavy (non-hydrogen) atoms. The first-order valence-electron chi connectivity index (χ1n) is 8.76. The average molecular weight is 412 g/mol. The van der Waals surface area contributed by atoms with Crippen molar-refractivity contribution >= 4 is 27.3 Å². The molecule has 7 heteroatoms. The van der Waals surface area contributed by atoms with Crippen molar-refractivity contribution in [3.8, 4) is 22.5 Å². The van der Waals surface area contributed by atoms with E-state index in [2.05, 4.69) is 0 Å². The van der Waals surface area contributed by atoms with Gasteiger partial charge in [-0.05, 0) is 43.2 Å². The summed E-state index contributed by atoms with van der Waals surface area (Å²) in [6, 6.07) is 19.5. The van der Waals surface area contributed by atoms with Gasteiger partial charge in [0.1, 0.15) is 0 Å². The second kappa shape index (κ2) is 7.39. The first kappa shape index (κ1) is 18.7. The lowest BCUT2D eigenvalue weighted by Gasteiger charge is -2.16. The van der Waals surface area contributed by atoms with Gasteiger partial charge in [0.25, 0.3) is 0 Å². The van der Waals surface area contributed by atoms with E-state index in [-0.39, 0.29) is 4.91 Å². The summed E-state index contributed by atoms with van der Waals surface area (Å²) in [7, 11) is -3.66. The number of aromatic nitrogens is 2. The Morgan fingerprint density at radius 2 is 1.64 bits per heavy atom. The number of hydrogen-bond acceptors (Lipinski definition) is 3. The molecule has 0 fully saturated rings. The van der Waals surface area contributed by atoms with Crippen LogP contribution < -0.4 is 5.14 Å². The molecule has 0 radical (unpaired) electrons. The molecule has 0 saturated carbocycles. The highest BCUT2D eigenvalue weighted by Crippen LogP contribution is 2.32. The van der Waals surface area contributed by atoms with E-state index in [0.29, 0.717) is 17.9 Å². The fourth-order valence-electron chi connectivity index (χ4n) is 3.20. The van der Waals surface area contributed by atoms with Gasteiger partial charge in [-0.15, -0.1) is 0 Å². The lowest BCUT2D eigenvalue weighted by atomic mass is 10.1. The number of nitrogens with two attached hydrogens (primary N) is 1.